The average molecular weight is 825 g/mol. The molecule has 0 radical (unpaired) electrons. The Labute approximate surface area is 344 Å². The second kappa shape index (κ2) is 17.1. The van der Waals surface area contributed by atoms with Gasteiger partial charge in [0.05, 0.1) is 33.9 Å². The number of fused-ring (bicyclic) bond motifs is 2. The fourth-order valence-electron chi connectivity index (χ4n) is 8.86. The number of benzene rings is 2. The van der Waals surface area contributed by atoms with Crippen LogP contribution in [0.2, 0.25) is 0 Å². The zero-order chi connectivity index (χ0) is 42.1. The van der Waals surface area contributed by atoms with Crippen LogP contribution in [-0.2, 0) is 14.4 Å². The fourth-order valence-corrected chi connectivity index (χ4v) is 8.86. The van der Waals surface area contributed by atoms with Crippen molar-refractivity contribution in [2.75, 3.05) is 43.5 Å². The lowest BCUT2D eigenvalue weighted by Gasteiger charge is -2.39. The standard InChI is InChI=1S/C42H46F2N10O6/c1-51(21-24-11-15-52(16-12-24)28-7-8-29-30(18-28)42(59)54(41(29)58)34-9-10-37(55)49-40(34)57)26-3-5-27(6-4-26)53-22-25-17-33(35(19-32(25)50-53)60-23-36(43)44)48-39(56)31(20-45)38-46-13-2-14-47-38/h2,7-8,13-14,17-20,22,24,26-27,34,36H,3-6,9-12,15-16,21,23,45H2,1H3,(H,48,56)(H,49,55,57)/b31-20+. The maximum Gasteiger partial charge on any atom is 0.272 e. The normalized spacial score (nSPS) is 21.6. The van der Waals surface area contributed by atoms with E-state index >= 15 is 0 Å². The van der Waals surface area contributed by atoms with Crippen molar-refractivity contribution in [1.29, 1.82) is 0 Å². The van der Waals surface area contributed by atoms with E-state index in [9.17, 15) is 32.8 Å². The molecule has 5 amide bonds. The van der Waals surface area contributed by atoms with Crippen molar-refractivity contribution in [2.24, 2.45) is 11.7 Å². The van der Waals surface area contributed by atoms with Crippen molar-refractivity contribution in [3.8, 4) is 5.75 Å². The monoisotopic (exact) mass is 824 g/mol. The third kappa shape index (κ3) is 8.28. The van der Waals surface area contributed by atoms with Crippen molar-refractivity contribution >= 4 is 57.4 Å². The number of alkyl halides is 2. The Morgan fingerprint density at radius 2 is 1.73 bits per heavy atom. The minimum absolute atomic E-state index is 0.00884. The van der Waals surface area contributed by atoms with Gasteiger partial charge in [-0.2, -0.15) is 5.10 Å². The Bertz CT molecular complexity index is 2340. The molecule has 2 aromatic heterocycles. The number of nitrogens with one attached hydrogen (secondary N) is 2. The zero-order valence-corrected chi connectivity index (χ0v) is 33.1. The number of rotatable bonds is 12. The topological polar surface area (TPSA) is 198 Å². The minimum atomic E-state index is -2.72. The second-order valence-electron chi connectivity index (χ2n) is 15.8. The van der Waals surface area contributed by atoms with Crippen molar-refractivity contribution in [3.63, 3.8) is 0 Å². The molecule has 1 unspecified atom stereocenters. The van der Waals surface area contributed by atoms with Gasteiger partial charge in [-0.1, -0.05) is 0 Å². The van der Waals surface area contributed by atoms with Crippen LogP contribution in [0.3, 0.4) is 0 Å². The van der Waals surface area contributed by atoms with Crippen LogP contribution in [-0.4, -0.2) is 111 Å². The number of hydrogen-bond donors (Lipinski definition) is 3. The number of piperidine rings is 2. The van der Waals surface area contributed by atoms with Gasteiger partial charge in [-0.25, -0.2) is 18.7 Å². The van der Waals surface area contributed by atoms with E-state index in [1.165, 1.54) is 12.4 Å². The highest BCUT2D eigenvalue weighted by Gasteiger charge is 2.45. The Morgan fingerprint density at radius 1 is 1.00 bits per heavy atom. The van der Waals surface area contributed by atoms with Gasteiger partial charge in [-0.15, -0.1) is 0 Å². The number of nitrogens with two attached hydrogens (primary N) is 1. The molecule has 2 aromatic carbocycles. The van der Waals surface area contributed by atoms with E-state index in [0.717, 1.165) is 74.9 Å². The molecule has 0 spiro atoms. The molecule has 4 aliphatic rings. The summed E-state index contributed by atoms with van der Waals surface area (Å²) in [6.07, 6.45) is 9.14. The molecule has 3 aliphatic heterocycles. The van der Waals surface area contributed by atoms with Gasteiger partial charge in [-0.05, 0) is 88.2 Å². The smallest absolute Gasteiger partial charge is 0.272 e. The van der Waals surface area contributed by atoms with Gasteiger partial charge in [0.2, 0.25) is 11.8 Å². The van der Waals surface area contributed by atoms with E-state index in [2.05, 4.69) is 37.4 Å². The van der Waals surface area contributed by atoms with Crippen LogP contribution in [0.4, 0.5) is 20.2 Å². The molecule has 16 nitrogen and oxygen atoms in total. The molecule has 8 rings (SSSR count). The number of carbonyl (C=O) groups excluding carboxylic acids is 5. The summed E-state index contributed by atoms with van der Waals surface area (Å²) in [6, 6.07) is 9.66. The highest BCUT2D eigenvalue weighted by Crippen LogP contribution is 2.37. The van der Waals surface area contributed by atoms with Crippen molar-refractivity contribution < 1.29 is 37.5 Å². The summed E-state index contributed by atoms with van der Waals surface area (Å²) in [5.74, 6) is -2.00. The van der Waals surface area contributed by atoms with Gasteiger partial charge in [0.25, 0.3) is 24.1 Å². The van der Waals surface area contributed by atoms with Crippen LogP contribution in [0.5, 0.6) is 5.75 Å². The van der Waals surface area contributed by atoms with Crippen LogP contribution in [0, 0.1) is 5.92 Å². The molecular formula is C42H46F2N10O6. The summed E-state index contributed by atoms with van der Waals surface area (Å²) < 4.78 is 33.7. The summed E-state index contributed by atoms with van der Waals surface area (Å²) in [5.41, 5.74) is 7.92. The van der Waals surface area contributed by atoms with E-state index in [-0.39, 0.29) is 52.8 Å². The number of nitrogens with zero attached hydrogens (tertiary/aromatic N) is 7. The third-order valence-electron chi connectivity index (χ3n) is 12.1. The van der Waals surface area contributed by atoms with Crippen molar-refractivity contribution in [1.82, 2.24) is 34.9 Å². The van der Waals surface area contributed by atoms with E-state index < -0.39 is 48.6 Å². The molecule has 1 atom stereocenters. The number of imide groups is 2. The molecule has 4 aromatic rings. The lowest BCUT2D eigenvalue weighted by Crippen LogP contribution is -2.54. The fraction of sp³-hybridized carbons (Fsp3) is 0.429. The number of anilines is 2. The number of halogens is 2. The van der Waals surface area contributed by atoms with Gasteiger partial charge in [-0.3, -0.25) is 38.9 Å². The van der Waals surface area contributed by atoms with Crippen LogP contribution >= 0.6 is 0 Å². The quantitative estimate of drug-likeness (QED) is 0.137. The summed E-state index contributed by atoms with van der Waals surface area (Å²) in [6.45, 7) is 1.72. The molecule has 2 saturated heterocycles. The van der Waals surface area contributed by atoms with Gasteiger partial charge in [0.15, 0.2) is 5.82 Å². The minimum Gasteiger partial charge on any atom is -0.485 e. The van der Waals surface area contributed by atoms with Crippen LogP contribution in [0.1, 0.15) is 83.9 Å². The number of aromatic nitrogens is 4. The second-order valence-corrected chi connectivity index (χ2v) is 15.8. The first-order chi connectivity index (χ1) is 29.0. The lowest BCUT2D eigenvalue weighted by molar-refractivity contribution is -0.136. The summed E-state index contributed by atoms with van der Waals surface area (Å²) in [4.78, 5) is 77.7. The molecule has 0 bridgehead atoms. The number of ether oxygens (including phenoxy) is 1. The molecule has 1 saturated carbocycles. The van der Waals surface area contributed by atoms with Crippen LogP contribution in [0.15, 0.2) is 61.2 Å². The van der Waals surface area contributed by atoms with Crippen LogP contribution < -0.4 is 26.0 Å². The largest absolute Gasteiger partial charge is 0.485 e. The molecule has 5 heterocycles. The number of carbonyl (C=O) groups is 5. The Morgan fingerprint density at radius 3 is 2.43 bits per heavy atom. The molecule has 4 N–H and O–H groups in total. The maximum atomic E-state index is 13.4. The number of amides is 5. The first-order valence-corrected chi connectivity index (χ1v) is 20.2. The first kappa shape index (κ1) is 40.5. The summed E-state index contributed by atoms with van der Waals surface area (Å²) >= 11 is 0. The van der Waals surface area contributed by atoms with E-state index in [1.807, 2.05) is 16.9 Å². The predicted octanol–water partition coefficient (Wildman–Crippen LogP) is 4.14. The molecular weight excluding hydrogens is 779 g/mol. The van der Waals surface area contributed by atoms with E-state index in [4.69, 9.17) is 15.6 Å². The van der Waals surface area contributed by atoms with Gasteiger partial charge in [0, 0.05) is 74.0 Å². The van der Waals surface area contributed by atoms with Crippen molar-refractivity contribution in [2.45, 2.75) is 75.9 Å². The molecule has 60 heavy (non-hydrogen) atoms. The molecule has 3 fully saturated rings. The van der Waals surface area contributed by atoms with Gasteiger partial charge in [0.1, 0.15) is 18.4 Å². The summed E-state index contributed by atoms with van der Waals surface area (Å²) in [5, 5.41) is 10.5. The van der Waals surface area contributed by atoms with Gasteiger partial charge < -0.3 is 25.6 Å². The lowest BCUT2D eigenvalue weighted by atomic mass is 9.89. The predicted molar refractivity (Wildman–Crippen MR) is 216 cm³/mol. The SMILES string of the molecule is CN(CC1CCN(c2ccc3c(c2)C(=O)N(C2CCC(=O)NC2=O)C3=O)CC1)C1CCC(n2cc3cc(NC(=O)/C(=C/N)c4ncccn4)c(OCC(F)F)cc3n2)CC1. The molecule has 18 heteroatoms. The van der Waals surface area contributed by atoms with E-state index in [0.29, 0.717) is 22.9 Å². The van der Waals surface area contributed by atoms with Crippen molar-refractivity contribution in [3.05, 3.63) is 78.1 Å². The Kier molecular flexibility index (Phi) is 11.6. The first-order valence-electron chi connectivity index (χ1n) is 20.2. The maximum absolute atomic E-state index is 13.4. The zero-order valence-electron chi connectivity index (χ0n) is 33.1. The number of hydrogen-bond acceptors (Lipinski definition) is 12. The van der Waals surface area contributed by atoms with Gasteiger partial charge >= 0.3 is 0 Å². The molecule has 314 valence electrons. The Hall–Kier alpha value is -6.30. The summed E-state index contributed by atoms with van der Waals surface area (Å²) in [7, 11) is 2.18. The molecule has 1 aliphatic carbocycles. The Balaban J connectivity index is 0.850. The van der Waals surface area contributed by atoms with Crippen LogP contribution in [0.25, 0.3) is 16.5 Å². The van der Waals surface area contributed by atoms with E-state index in [1.54, 1.807) is 30.3 Å². The highest BCUT2D eigenvalue weighted by atomic mass is 19.3. The third-order valence-corrected chi connectivity index (χ3v) is 12.1. The average Bonchev–Trinajstić information content (AvgIpc) is 3.77. The highest BCUT2D eigenvalue weighted by molar-refractivity contribution is 6.25.